The van der Waals surface area contributed by atoms with Crippen LogP contribution in [0.5, 0.6) is 0 Å². The highest BCUT2D eigenvalue weighted by Crippen LogP contribution is 2.44. The van der Waals surface area contributed by atoms with Crippen LogP contribution >= 0.6 is 0 Å². The number of nitrogens with one attached hydrogen (secondary N) is 2. The van der Waals surface area contributed by atoms with Crippen LogP contribution in [0.4, 0.5) is 4.79 Å². The van der Waals surface area contributed by atoms with Crippen molar-refractivity contribution in [1.82, 2.24) is 20.1 Å². The maximum absolute atomic E-state index is 13.7. The summed E-state index contributed by atoms with van der Waals surface area (Å²) in [6.07, 6.45) is 2.28. The lowest BCUT2D eigenvalue weighted by Gasteiger charge is -2.36. The zero-order valence-corrected chi connectivity index (χ0v) is 19.8. The van der Waals surface area contributed by atoms with Gasteiger partial charge in [0.05, 0.1) is 5.69 Å². The smallest absolute Gasteiger partial charge is 0.328 e. The highest BCUT2D eigenvalue weighted by Gasteiger charge is 2.60. The van der Waals surface area contributed by atoms with Gasteiger partial charge in [-0.05, 0) is 57.2 Å². The third-order valence-corrected chi connectivity index (χ3v) is 7.36. The van der Waals surface area contributed by atoms with E-state index in [2.05, 4.69) is 22.4 Å². The van der Waals surface area contributed by atoms with Crippen LogP contribution in [0.3, 0.4) is 0 Å². The fourth-order valence-corrected chi connectivity index (χ4v) is 5.34. The van der Waals surface area contributed by atoms with Gasteiger partial charge in [0.2, 0.25) is 5.91 Å². The van der Waals surface area contributed by atoms with E-state index >= 15 is 0 Å². The Morgan fingerprint density at radius 1 is 1.09 bits per heavy atom. The lowest BCUT2D eigenvalue weighted by molar-refractivity contribution is -0.139. The van der Waals surface area contributed by atoms with Crippen molar-refractivity contribution in [2.45, 2.75) is 57.7 Å². The lowest BCUT2D eigenvalue weighted by Crippen LogP contribution is -2.51. The zero-order valence-electron chi connectivity index (χ0n) is 19.8. The van der Waals surface area contributed by atoms with Crippen molar-refractivity contribution in [3.8, 4) is 0 Å². The number of carbonyl (C=O) groups excluding carboxylic acids is 3. The van der Waals surface area contributed by atoms with Crippen molar-refractivity contribution in [3.05, 3.63) is 71.4 Å². The Morgan fingerprint density at radius 3 is 2.56 bits per heavy atom. The minimum Gasteiger partial charge on any atom is -0.356 e. The molecule has 7 nitrogen and oxygen atoms in total. The predicted octanol–water partition coefficient (Wildman–Crippen LogP) is 3.73. The Labute approximate surface area is 199 Å². The summed E-state index contributed by atoms with van der Waals surface area (Å²) in [6, 6.07) is 16.7. The van der Waals surface area contributed by atoms with Gasteiger partial charge in [-0.15, -0.1) is 0 Å². The summed E-state index contributed by atoms with van der Waals surface area (Å²) in [5, 5.41) is 4.07. The number of amides is 4. The van der Waals surface area contributed by atoms with Crippen molar-refractivity contribution >= 4 is 28.7 Å². The van der Waals surface area contributed by atoms with Crippen molar-refractivity contribution < 1.29 is 14.4 Å². The molecule has 2 aromatic carbocycles. The minimum absolute atomic E-state index is 0.0820. The number of aromatic nitrogens is 1. The van der Waals surface area contributed by atoms with E-state index in [-0.39, 0.29) is 17.9 Å². The van der Waals surface area contributed by atoms with E-state index < -0.39 is 17.6 Å². The molecule has 0 spiro atoms. The van der Waals surface area contributed by atoms with Gasteiger partial charge in [-0.1, -0.05) is 48.5 Å². The molecule has 0 radical (unpaired) electrons. The van der Waals surface area contributed by atoms with Crippen LogP contribution in [-0.2, 0) is 28.0 Å². The van der Waals surface area contributed by atoms with Crippen molar-refractivity contribution in [1.29, 1.82) is 0 Å². The van der Waals surface area contributed by atoms with Gasteiger partial charge < -0.3 is 15.2 Å². The van der Waals surface area contributed by atoms with Crippen LogP contribution in [0.15, 0.2) is 54.6 Å². The van der Waals surface area contributed by atoms with E-state index in [4.69, 9.17) is 0 Å². The number of nitrogens with zero attached hydrogens (tertiary/aromatic N) is 2. The Kier molecular flexibility index (Phi) is 5.42. The highest BCUT2D eigenvalue weighted by atomic mass is 16.2. The van der Waals surface area contributed by atoms with Gasteiger partial charge in [0.25, 0.3) is 5.91 Å². The average molecular weight is 459 g/mol. The maximum Gasteiger partial charge on any atom is 0.328 e. The molecule has 2 aliphatic heterocycles. The summed E-state index contributed by atoms with van der Waals surface area (Å²) in [6.45, 7) is 5.80. The molecule has 1 fully saturated rings. The summed E-state index contributed by atoms with van der Waals surface area (Å²) in [5.41, 5.74) is 2.85. The molecule has 0 bridgehead atoms. The van der Waals surface area contributed by atoms with Crippen LogP contribution in [0.25, 0.3) is 10.9 Å². The van der Waals surface area contributed by atoms with Crippen LogP contribution in [0.1, 0.15) is 44.0 Å². The molecule has 1 aromatic heterocycles. The summed E-state index contributed by atoms with van der Waals surface area (Å²) in [7, 11) is 0. The zero-order chi connectivity index (χ0) is 24.0. The number of para-hydroxylation sites is 1. The molecule has 3 heterocycles. The molecular weight excluding hydrogens is 428 g/mol. The molecule has 1 saturated heterocycles. The number of aryl methyl sites for hydroxylation is 1. The SMILES string of the molecule is C[C@@H](CCc1ccccc1)NC(=O)[C@H](C)N1C(=O)N2CCc3c([nH]c4ccccc34)[C@@]2(C)C1=O. The number of urea groups is 1. The third kappa shape index (κ3) is 3.38. The second-order valence-corrected chi connectivity index (χ2v) is 9.57. The largest absolute Gasteiger partial charge is 0.356 e. The number of hydrogen-bond donors (Lipinski definition) is 2. The summed E-state index contributed by atoms with van der Waals surface area (Å²) in [5.74, 6) is -0.674. The van der Waals surface area contributed by atoms with Gasteiger partial charge in [-0.2, -0.15) is 0 Å². The standard InChI is InChI=1S/C27H30N4O3/c1-17(13-14-19-9-5-4-6-10-19)28-24(32)18(2)31-25(33)27(3)23-21(15-16-30(27)26(31)34)20-11-7-8-12-22(20)29-23/h4-12,17-18,29H,13-16H2,1-3H3,(H,28,32)/t17-,18-,27-/m0/s1. The van der Waals surface area contributed by atoms with E-state index in [0.717, 1.165) is 39.9 Å². The second kappa shape index (κ2) is 8.31. The van der Waals surface area contributed by atoms with E-state index in [9.17, 15) is 14.4 Å². The molecule has 34 heavy (non-hydrogen) atoms. The van der Waals surface area contributed by atoms with Crippen LogP contribution < -0.4 is 5.32 Å². The Morgan fingerprint density at radius 2 is 1.79 bits per heavy atom. The first-order chi connectivity index (χ1) is 16.3. The van der Waals surface area contributed by atoms with E-state index in [1.165, 1.54) is 5.56 Å². The highest BCUT2D eigenvalue weighted by molar-refractivity contribution is 6.10. The van der Waals surface area contributed by atoms with Gasteiger partial charge in [-0.25, -0.2) is 9.69 Å². The molecule has 2 N–H and O–H groups in total. The van der Waals surface area contributed by atoms with Gasteiger partial charge in [0, 0.05) is 23.5 Å². The van der Waals surface area contributed by atoms with Gasteiger partial charge in [0.15, 0.2) is 5.54 Å². The van der Waals surface area contributed by atoms with Crippen molar-refractivity contribution in [3.63, 3.8) is 0 Å². The lowest BCUT2D eigenvalue weighted by atomic mass is 9.87. The molecule has 0 unspecified atom stereocenters. The molecule has 0 saturated carbocycles. The Hall–Kier alpha value is -3.61. The topological polar surface area (TPSA) is 85.5 Å². The molecule has 3 atom stereocenters. The van der Waals surface area contributed by atoms with E-state index in [0.29, 0.717) is 13.0 Å². The maximum atomic E-state index is 13.7. The number of carbonyl (C=O) groups is 3. The Bertz CT molecular complexity index is 1270. The van der Waals surface area contributed by atoms with E-state index in [1.54, 1.807) is 18.7 Å². The quantitative estimate of drug-likeness (QED) is 0.552. The first kappa shape index (κ1) is 22.2. The van der Waals surface area contributed by atoms with Crippen molar-refractivity contribution in [2.75, 3.05) is 6.54 Å². The van der Waals surface area contributed by atoms with Crippen LogP contribution in [-0.4, -0.2) is 51.3 Å². The number of imide groups is 1. The molecule has 5 rings (SSSR count). The molecule has 176 valence electrons. The van der Waals surface area contributed by atoms with Crippen LogP contribution in [0.2, 0.25) is 0 Å². The second-order valence-electron chi connectivity index (χ2n) is 9.57. The first-order valence-corrected chi connectivity index (χ1v) is 11.9. The molecular formula is C27H30N4O3. The third-order valence-electron chi connectivity index (χ3n) is 7.36. The number of benzene rings is 2. The number of fused-ring (bicyclic) bond motifs is 5. The molecule has 2 aliphatic rings. The molecule has 4 amide bonds. The van der Waals surface area contributed by atoms with Crippen LogP contribution in [0, 0.1) is 0 Å². The number of H-pyrrole nitrogens is 1. The van der Waals surface area contributed by atoms with Gasteiger partial charge in [0.1, 0.15) is 6.04 Å². The molecule has 7 heteroatoms. The predicted molar refractivity (Wildman–Crippen MR) is 130 cm³/mol. The fourth-order valence-electron chi connectivity index (χ4n) is 5.34. The van der Waals surface area contributed by atoms with Gasteiger partial charge >= 0.3 is 6.03 Å². The molecule has 3 aromatic rings. The Balaban J connectivity index is 1.34. The van der Waals surface area contributed by atoms with Crippen molar-refractivity contribution in [2.24, 2.45) is 0 Å². The summed E-state index contributed by atoms with van der Waals surface area (Å²) < 4.78 is 0. The molecule has 0 aliphatic carbocycles. The fraction of sp³-hybridized carbons (Fsp3) is 0.370. The monoisotopic (exact) mass is 458 g/mol. The first-order valence-electron chi connectivity index (χ1n) is 11.9. The number of hydrogen-bond acceptors (Lipinski definition) is 3. The van der Waals surface area contributed by atoms with E-state index in [1.807, 2.05) is 49.4 Å². The summed E-state index contributed by atoms with van der Waals surface area (Å²) >= 11 is 0. The van der Waals surface area contributed by atoms with Gasteiger partial charge in [-0.3, -0.25) is 9.59 Å². The normalized spacial score (nSPS) is 21.4. The summed E-state index contributed by atoms with van der Waals surface area (Å²) in [4.78, 5) is 46.3. The number of aromatic amines is 1. The number of rotatable bonds is 6. The average Bonchev–Trinajstić information content (AvgIpc) is 3.31. The minimum atomic E-state index is -1.14.